The predicted octanol–water partition coefficient (Wildman–Crippen LogP) is 3.44. The summed E-state index contributed by atoms with van der Waals surface area (Å²) in [7, 11) is 0. The molecule has 2 N–H and O–H groups in total. The summed E-state index contributed by atoms with van der Waals surface area (Å²) in [5.74, 6) is 1.62. The third-order valence-electron chi connectivity index (χ3n) is 3.61. The Bertz CT molecular complexity index is 788. The second kappa shape index (κ2) is 5.05. The van der Waals surface area contributed by atoms with Crippen molar-refractivity contribution in [2.45, 2.75) is 20.8 Å². The van der Waals surface area contributed by atoms with E-state index in [9.17, 15) is 0 Å². The van der Waals surface area contributed by atoms with Gasteiger partial charge in [0.25, 0.3) is 0 Å². The van der Waals surface area contributed by atoms with Crippen LogP contribution in [0.3, 0.4) is 0 Å². The molecule has 0 aliphatic carbocycles. The molecule has 4 nitrogen and oxygen atoms in total. The summed E-state index contributed by atoms with van der Waals surface area (Å²) in [5, 5.41) is 8.57. The maximum absolute atomic E-state index is 6.26. The van der Waals surface area contributed by atoms with Crippen molar-refractivity contribution in [2.24, 2.45) is 0 Å². The standard InChI is InChI=1S/C17H18N4/c1-11-9-12(2)16(18)15(10-11)17-20-19-13(3)21(17)14-7-5-4-6-8-14/h4-10H,18H2,1-3H3. The van der Waals surface area contributed by atoms with Crippen molar-refractivity contribution >= 4 is 5.69 Å². The summed E-state index contributed by atoms with van der Waals surface area (Å²) in [6.07, 6.45) is 0. The van der Waals surface area contributed by atoms with Gasteiger partial charge in [-0.05, 0) is 50.1 Å². The lowest BCUT2D eigenvalue weighted by Crippen LogP contribution is -2.03. The Morgan fingerprint density at radius 2 is 1.67 bits per heavy atom. The minimum atomic E-state index is 0.755. The zero-order valence-electron chi connectivity index (χ0n) is 12.5. The van der Waals surface area contributed by atoms with Gasteiger partial charge >= 0.3 is 0 Å². The normalized spacial score (nSPS) is 10.8. The van der Waals surface area contributed by atoms with Crippen molar-refractivity contribution in [1.82, 2.24) is 14.8 Å². The first-order valence-electron chi connectivity index (χ1n) is 6.92. The van der Waals surface area contributed by atoms with Gasteiger partial charge in [0.2, 0.25) is 0 Å². The number of rotatable bonds is 2. The van der Waals surface area contributed by atoms with Crippen LogP contribution in [0.1, 0.15) is 17.0 Å². The van der Waals surface area contributed by atoms with Crippen LogP contribution in [0.15, 0.2) is 42.5 Å². The van der Waals surface area contributed by atoms with Gasteiger partial charge in [-0.2, -0.15) is 0 Å². The Kier molecular flexibility index (Phi) is 3.22. The number of nitrogens with two attached hydrogens (primary N) is 1. The van der Waals surface area contributed by atoms with E-state index in [2.05, 4.69) is 29.3 Å². The van der Waals surface area contributed by atoms with E-state index >= 15 is 0 Å². The first-order chi connectivity index (χ1) is 10.1. The average Bonchev–Trinajstić information content (AvgIpc) is 2.85. The second-order valence-corrected chi connectivity index (χ2v) is 5.28. The molecule has 0 atom stereocenters. The van der Waals surface area contributed by atoms with Gasteiger partial charge < -0.3 is 5.73 Å². The molecule has 2 aromatic carbocycles. The zero-order chi connectivity index (χ0) is 15.0. The van der Waals surface area contributed by atoms with Crippen LogP contribution in [0.5, 0.6) is 0 Å². The van der Waals surface area contributed by atoms with Gasteiger partial charge in [-0.25, -0.2) is 0 Å². The van der Waals surface area contributed by atoms with Crippen LogP contribution in [-0.4, -0.2) is 14.8 Å². The van der Waals surface area contributed by atoms with Gasteiger partial charge in [-0.15, -0.1) is 10.2 Å². The fourth-order valence-corrected chi connectivity index (χ4v) is 2.59. The highest BCUT2D eigenvalue weighted by molar-refractivity contribution is 5.76. The molecule has 0 aliphatic rings. The van der Waals surface area contributed by atoms with Crippen molar-refractivity contribution in [3.63, 3.8) is 0 Å². The minimum Gasteiger partial charge on any atom is -0.398 e. The molecule has 3 aromatic rings. The number of aryl methyl sites for hydroxylation is 3. The number of nitrogens with zero attached hydrogens (tertiary/aromatic N) is 3. The molecular weight excluding hydrogens is 260 g/mol. The number of benzene rings is 2. The lowest BCUT2D eigenvalue weighted by atomic mass is 10.0. The van der Waals surface area contributed by atoms with Crippen molar-refractivity contribution in [3.05, 3.63) is 59.4 Å². The van der Waals surface area contributed by atoms with E-state index in [4.69, 9.17) is 5.73 Å². The van der Waals surface area contributed by atoms with Crippen LogP contribution in [0.4, 0.5) is 5.69 Å². The van der Waals surface area contributed by atoms with E-state index in [1.807, 2.05) is 48.7 Å². The molecule has 0 amide bonds. The summed E-state index contributed by atoms with van der Waals surface area (Å²) in [6.45, 7) is 6.02. The Labute approximate surface area is 124 Å². The summed E-state index contributed by atoms with van der Waals surface area (Å²) < 4.78 is 2.03. The van der Waals surface area contributed by atoms with Crippen molar-refractivity contribution in [3.8, 4) is 17.1 Å². The van der Waals surface area contributed by atoms with Crippen LogP contribution in [0, 0.1) is 20.8 Å². The lowest BCUT2D eigenvalue weighted by Gasteiger charge is -2.12. The molecule has 0 spiro atoms. The van der Waals surface area contributed by atoms with Crippen LogP contribution >= 0.6 is 0 Å². The van der Waals surface area contributed by atoms with Gasteiger partial charge in [0.05, 0.1) is 0 Å². The molecule has 0 saturated heterocycles. The molecule has 21 heavy (non-hydrogen) atoms. The number of hydrogen-bond donors (Lipinski definition) is 1. The lowest BCUT2D eigenvalue weighted by molar-refractivity contribution is 0.972. The number of para-hydroxylation sites is 1. The van der Waals surface area contributed by atoms with Gasteiger partial charge in [-0.1, -0.05) is 24.3 Å². The zero-order valence-corrected chi connectivity index (χ0v) is 12.5. The summed E-state index contributed by atoms with van der Waals surface area (Å²) in [6, 6.07) is 14.2. The van der Waals surface area contributed by atoms with E-state index in [1.54, 1.807) is 0 Å². The molecule has 1 heterocycles. The molecule has 0 unspecified atom stereocenters. The minimum absolute atomic E-state index is 0.755. The molecule has 1 aromatic heterocycles. The van der Waals surface area contributed by atoms with Crippen LogP contribution < -0.4 is 5.73 Å². The monoisotopic (exact) mass is 278 g/mol. The molecule has 0 saturated carbocycles. The summed E-state index contributed by atoms with van der Waals surface area (Å²) in [5.41, 5.74) is 11.2. The Balaban J connectivity index is 2.27. The third kappa shape index (κ3) is 2.29. The molecule has 0 fully saturated rings. The van der Waals surface area contributed by atoms with E-state index in [0.29, 0.717) is 0 Å². The Morgan fingerprint density at radius 3 is 2.38 bits per heavy atom. The summed E-state index contributed by atoms with van der Waals surface area (Å²) >= 11 is 0. The first-order valence-corrected chi connectivity index (χ1v) is 6.92. The van der Waals surface area contributed by atoms with E-state index in [0.717, 1.165) is 39.7 Å². The Hall–Kier alpha value is -2.62. The van der Waals surface area contributed by atoms with Crippen molar-refractivity contribution in [2.75, 3.05) is 5.73 Å². The highest BCUT2D eigenvalue weighted by Gasteiger charge is 2.16. The maximum Gasteiger partial charge on any atom is 0.170 e. The molecule has 106 valence electrons. The smallest absolute Gasteiger partial charge is 0.170 e. The predicted molar refractivity (Wildman–Crippen MR) is 85.4 cm³/mol. The van der Waals surface area contributed by atoms with Crippen molar-refractivity contribution < 1.29 is 0 Å². The van der Waals surface area contributed by atoms with Gasteiger partial charge in [-0.3, -0.25) is 4.57 Å². The number of nitrogen functional groups attached to an aromatic ring is 1. The second-order valence-electron chi connectivity index (χ2n) is 5.28. The van der Waals surface area contributed by atoms with Crippen LogP contribution in [-0.2, 0) is 0 Å². The average molecular weight is 278 g/mol. The first kappa shape index (κ1) is 13.4. The van der Waals surface area contributed by atoms with Crippen molar-refractivity contribution in [1.29, 1.82) is 0 Å². The van der Waals surface area contributed by atoms with Gasteiger partial charge in [0.15, 0.2) is 5.82 Å². The summed E-state index contributed by atoms with van der Waals surface area (Å²) in [4.78, 5) is 0. The SMILES string of the molecule is Cc1cc(C)c(N)c(-c2nnc(C)n2-c2ccccc2)c1. The quantitative estimate of drug-likeness (QED) is 0.730. The maximum atomic E-state index is 6.26. The highest BCUT2D eigenvalue weighted by atomic mass is 15.3. The van der Waals surface area contributed by atoms with E-state index in [-0.39, 0.29) is 0 Å². The van der Waals surface area contributed by atoms with Gasteiger partial charge in [0.1, 0.15) is 5.82 Å². The van der Waals surface area contributed by atoms with Crippen LogP contribution in [0.2, 0.25) is 0 Å². The molecule has 0 aliphatic heterocycles. The van der Waals surface area contributed by atoms with E-state index in [1.165, 1.54) is 0 Å². The van der Waals surface area contributed by atoms with Gasteiger partial charge in [0, 0.05) is 16.9 Å². The number of aromatic nitrogens is 3. The number of anilines is 1. The fraction of sp³-hybridized carbons (Fsp3) is 0.176. The van der Waals surface area contributed by atoms with E-state index < -0.39 is 0 Å². The highest BCUT2D eigenvalue weighted by Crippen LogP contribution is 2.30. The fourth-order valence-electron chi connectivity index (χ4n) is 2.59. The molecule has 0 bridgehead atoms. The topological polar surface area (TPSA) is 56.7 Å². The Morgan fingerprint density at radius 1 is 0.952 bits per heavy atom. The molecule has 0 radical (unpaired) electrons. The molecule has 4 heteroatoms. The number of hydrogen-bond acceptors (Lipinski definition) is 3. The third-order valence-corrected chi connectivity index (χ3v) is 3.61. The largest absolute Gasteiger partial charge is 0.398 e. The molecule has 3 rings (SSSR count). The van der Waals surface area contributed by atoms with Crippen LogP contribution in [0.25, 0.3) is 17.1 Å². The molecular formula is C17H18N4.